The first-order valence-corrected chi connectivity index (χ1v) is 6.85. The van der Waals surface area contributed by atoms with Crippen molar-refractivity contribution in [3.8, 4) is 6.07 Å². The quantitative estimate of drug-likeness (QED) is 0.771. The molecule has 1 fully saturated rings. The zero-order valence-corrected chi connectivity index (χ0v) is 11.8. The van der Waals surface area contributed by atoms with Crippen LogP contribution in [0.2, 0.25) is 0 Å². The zero-order chi connectivity index (χ0) is 12.9. The highest BCUT2D eigenvalue weighted by Gasteiger charge is 2.43. The summed E-state index contributed by atoms with van der Waals surface area (Å²) in [5.41, 5.74) is 0.0502. The van der Waals surface area contributed by atoms with Crippen LogP contribution in [-0.2, 0) is 0 Å². The Morgan fingerprint density at radius 1 is 1.24 bits per heavy atom. The van der Waals surface area contributed by atoms with Gasteiger partial charge in [0.15, 0.2) is 0 Å². The second-order valence-electron chi connectivity index (χ2n) is 5.99. The summed E-state index contributed by atoms with van der Waals surface area (Å²) >= 11 is 0. The van der Waals surface area contributed by atoms with Gasteiger partial charge in [-0.3, -0.25) is 5.32 Å². The second-order valence-corrected chi connectivity index (χ2v) is 5.99. The molecule has 0 radical (unpaired) electrons. The third-order valence-electron chi connectivity index (χ3n) is 4.01. The van der Waals surface area contributed by atoms with Crippen LogP contribution < -0.4 is 5.32 Å². The lowest BCUT2D eigenvalue weighted by atomic mass is 9.88. The number of nitrogens with one attached hydrogen (secondary N) is 1. The van der Waals surface area contributed by atoms with E-state index in [1.54, 1.807) is 0 Å². The molecule has 0 aromatic heterocycles. The van der Waals surface area contributed by atoms with E-state index in [2.05, 4.69) is 44.0 Å². The summed E-state index contributed by atoms with van der Waals surface area (Å²) < 4.78 is 0. The van der Waals surface area contributed by atoms with Gasteiger partial charge in [-0.2, -0.15) is 5.26 Å². The topological polar surface area (TPSA) is 39.1 Å². The Balaban J connectivity index is 2.42. The maximum Gasteiger partial charge on any atom is 0.107 e. The van der Waals surface area contributed by atoms with Crippen molar-refractivity contribution in [3.63, 3.8) is 0 Å². The van der Waals surface area contributed by atoms with E-state index in [1.165, 1.54) is 0 Å². The molecule has 1 aliphatic rings. The van der Waals surface area contributed by atoms with Crippen molar-refractivity contribution < 1.29 is 0 Å². The van der Waals surface area contributed by atoms with E-state index in [-0.39, 0.29) is 5.54 Å². The minimum atomic E-state index is -0.267. The highest BCUT2D eigenvalue weighted by molar-refractivity contribution is 5.13. The Morgan fingerprint density at radius 3 is 2.29 bits per heavy atom. The lowest BCUT2D eigenvalue weighted by molar-refractivity contribution is 0.278. The van der Waals surface area contributed by atoms with E-state index in [4.69, 9.17) is 0 Å². The van der Waals surface area contributed by atoms with E-state index >= 15 is 0 Å². The second kappa shape index (κ2) is 5.84. The number of nitriles is 1. The van der Waals surface area contributed by atoms with Crippen LogP contribution in [-0.4, -0.2) is 36.6 Å². The molecule has 1 atom stereocenters. The van der Waals surface area contributed by atoms with Gasteiger partial charge >= 0.3 is 0 Å². The lowest BCUT2D eigenvalue weighted by Crippen LogP contribution is -2.45. The van der Waals surface area contributed by atoms with Crippen molar-refractivity contribution in [2.75, 3.05) is 26.2 Å². The maximum absolute atomic E-state index is 9.40. The first-order valence-electron chi connectivity index (χ1n) is 6.85. The Hall–Kier alpha value is -0.590. The molecule has 0 saturated heterocycles. The molecule has 1 rings (SSSR count). The molecule has 98 valence electrons. The maximum atomic E-state index is 9.40. The molecule has 0 heterocycles. The van der Waals surface area contributed by atoms with Crippen LogP contribution in [0.15, 0.2) is 0 Å². The molecule has 3 nitrogen and oxygen atoms in total. The molecule has 3 heteroatoms. The molecule has 0 aliphatic heterocycles. The first-order chi connectivity index (χ1) is 7.97. The summed E-state index contributed by atoms with van der Waals surface area (Å²) in [4.78, 5) is 2.39. The van der Waals surface area contributed by atoms with Crippen molar-refractivity contribution in [1.82, 2.24) is 10.2 Å². The third-order valence-corrected chi connectivity index (χ3v) is 4.01. The fraction of sp³-hybridized carbons (Fsp3) is 0.929. The van der Waals surface area contributed by atoms with Crippen molar-refractivity contribution in [2.24, 2.45) is 5.41 Å². The average molecular weight is 237 g/mol. The predicted octanol–water partition coefficient (Wildman–Crippen LogP) is 2.39. The summed E-state index contributed by atoms with van der Waals surface area (Å²) in [6.07, 6.45) is 3.13. The summed E-state index contributed by atoms with van der Waals surface area (Å²) in [7, 11) is 0. The molecule has 0 amide bonds. The van der Waals surface area contributed by atoms with E-state index in [1.807, 2.05) is 0 Å². The Labute approximate surface area is 106 Å². The van der Waals surface area contributed by atoms with Crippen LogP contribution in [0.1, 0.15) is 47.0 Å². The molecular formula is C14H27N3. The zero-order valence-electron chi connectivity index (χ0n) is 11.8. The van der Waals surface area contributed by atoms with Gasteiger partial charge in [-0.1, -0.05) is 27.7 Å². The number of nitrogens with zero attached hydrogens (tertiary/aromatic N) is 2. The summed E-state index contributed by atoms with van der Waals surface area (Å²) in [5.74, 6) is 0. The van der Waals surface area contributed by atoms with Crippen LogP contribution in [0.25, 0.3) is 0 Å². The number of hydrogen-bond acceptors (Lipinski definition) is 3. The fourth-order valence-electron chi connectivity index (χ4n) is 2.82. The van der Waals surface area contributed by atoms with Gasteiger partial charge < -0.3 is 4.90 Å². The van der Waals surface area contributed by atoms with Crippen LogP contribution in [0.4, 0.5) is 0 Å². The minimum Gasteiger partial charge on any atom is -0.303 e. The highest BCUT2D eigenvalue weighted by atomic mass is 15.1. The lowest BCUT2D eigenvalue weighted by Gasteiger charge is -2.27. The third kappa shape index (κ3) is 3.97. The molecule has 0 aromatic rings. The number of rotatable bonds is 6. The summed E-state index contributed by atoms with van der Waals surface area (Å²) in [5, 5.41) is 12.9. The fourth-order valence-corrected chi connectivity index (χ4v) is 2.82. The minimum absolute atomic E-state index is 0.267. The SMILES string of the molecule is CCN(CC)CCNC1(C#N)CCC(C)(C)C1. The first kappa shape index (κ1) is 14.5. The van der Waals surface area contributed by atoms with Gasteiger partial charge in [0.05, 0.1) is 6.07 Å². The number of hydrogen-bond donors (Lipinski definition) is 1. The van der Waals surface area contributed by atoms with Crippen molar-refractivity contribution in [3.05, 3.63) is 0 Å². The van der Waals surface area contributed by atoms with Crippen molar-refractivity contribution in [1.29, 1.82) is 5.26 Å². The van der Waals surface area contributed by atoms with Crippen LogP contribution >= 0.6 is 0 Å². The average Bonchev–Trinajstić information content (AvgIpc) is 2.61. The van der Waals surface area contributed by atoms with Gasteiger partial charge in [0, 0.05) is 13.1 Å². The largest absolute Gasteiger partial charge is 0.303 e. The van der Waals surface area contributed by atoms with E-state index < -0.39 is 0 Å². The molecule has 1 saturated carbocycles. The van der Waals surface area contributed by atoms with Gasteiger partial charge in [-0.25, -0.2) is 0 Å². The molecule has 0 spiro atoms. The molecule has 17 heavy (non-hydrogen) atoms. The van der Waals surface area contributed by atoms with Crippen LogP contribution in [0, 0.1) is 16.7 Å². The molecule has 1 unspecified atom stereocenters. The van der Waals surface area contributed by atoms with Crippen LogP contribution in [0.5, 0.6) is 0 Å². The molecule has 1 N–H and O–H groups in total. The Morgan fingerprint density at radius 2 is 1.88 bits per heavy atom. The van der Waals surface area contributed by atoms with Crippen molar-refractivity contribution >= 4 is 0 Å². The normalized spacial score (nSPS) is 27.3. The van der Waals surface area contributed by atoms with Gasteiger partial charge in [-0.05, 0) is 37.8 Å². The van der Waals surface area contributed by atoms with Gasteiger partial charge in [-0.15, -0.1) is 0 Å². The Bertz CT molecular complexity index is 276. The number of likely N-dealkylation sites (N-methyl/N-ethyl adjacent to an activating group) is 1. The van der Waals surface area contributed by atoms with E-state index in [9.17, 15) is 5.26 Å². The monoisotopic (exact) mass is 237 g/mol. The van der Waals surface area contributed by atoms with Gasteiger partial charge in [0.25, 0.3) is 0 Å². The molecular weight excluding hydrogens is 210 g/mol. The standard InChI is InChI=1S/C14H27N3/c1-5-17(6-2)10-9-16-14(12-15)8-7-13(3,4)11-14/h16H,5-11H2,1-4H3. The highest BCUT2D eigenvalue weighted by Crippen LogP contribution is 2.43. The molecule has 0 aromatic carbocycles. The predicted molar refractivity (Wildman–Crippen MR) is 71.8 cm³/mol. The van der Waals surface area contributed by atoms with Gasteiger partial charge in [0.1, 0.15) is 5.54 Å². The van der Waals surface area contributed by atoms with E-state index in [0.717, 1.165) is 45.4 Å². The van der Waals surface area contributed by atoms with Gasteiger partial charge in [0.2, 0.25) is 0 Å². The smallest absolute Gasteiger partial charge is 0.107 e. The Kier molecular flexibility index (Phi) is 4.97. The molecule has 1 aliphatic carbocycles. The van der Waals surface area contributed by atoms with Crippen molar-refractivity contribution in [2.45, 2.75) is 52.5 Å². The summed E-state index contributed by atoms with van der Waals surface area (Å²) in [6.45, 7) is 13.0. The van der Waals surface area contributed by atoms with Crippen LogP contribution in [0.3, 0.4) is 0 Å². The molecule has 0 bridgehead atoms. The summed E-state index contributed by atoms with van der Waals surface area (Å²) in [6, 6.07) is 2.51. The van der Waals surface area contributed by atoms with E-state index in [0.29, 0.717) is 5.41 Å².